The molecule has 1 unspecified atom stereocenters. The predicted octanol–water partition coefficient (Wildman–Crippen LogP) is 4.99. The van der Waals surface area contributed by atoms with Crippen LogP contribution in [0.2, 0.25) is 0 Å². The Labute approximate surface area is 134 Å². The summed E-state index contributed by atoms with van der Waals surface area (Å²) in [5.74, 6) is 0. The second-order valence-corrected chi connectivity index (χ2v) is 5.77. The zero-order chi connectivity index (χ0) is 13.8. The molecule has 1 heterocycles. The molecule has 0 amide bonds. The molecule has 0 saturated carbocycles. The Morgan fingerprint density at radius 1 is 0.810 bits per heavy atom. The third-order valence-corrected chi connectivity index (χ3v) is 4.35. The minimum absolute atomic E-state index is 0. The Bertz CT molecular complexity index is 547. The maximum Gasteiger partial charge on any atom is 0.0604 e. The van der Waals surface area contributed by atoms with Crippen LogP contribution in [0.25, 0.3) is 0 Å². The summed E-state index contributed by atoms with van der Waals surface area (Å²) in [7, 11) is 0. The van der Waals surface area contributed by atoms with Crippen molar-refractivity contribution in [2.75, 3.05) is 13.1 Å². The minimum atomic E-state index is 0. The zero-order valence-electron chi connectivity index (χ0n) is 12.7. The molecule has 1 saturated heterocycles. The van der Waals surface area contributed by atoms with Crippen molar-refractivity contribution >= 4 is 12.4 Å². The van der Waals surface area contributed by atoms with E-state index < -0.39 is 0 Å². The first-order valence-electron chi connectivity index (χ1n) is 7.71. The summed E-state index contributed by atoms with van der Waals surface area (Å²) < 4.78 is 0. The Balaban J connectivity index is 0.00000161. The van der Waals surface area contributed by atoms with Crippen LogP contribution in [0.4, 0.5) is 0 Å². The quantitative estimate of drug-likeness (QED) is 0.772. The molecule has 2 heteroatoms. The highest BCUT2D eigenvalue weighted by Gasteiger charge is 2.24. The van der Waals surface area contributed by atoms with Crippen LogP contribution in [-0.2, 0) is 0 Å². The van der Waals surface area contributed by atoms with Gasteiger partial charge in [-0.05, 0) is 49.5 Å². The summed E-state index contributed by atoms with van der Waals surface area (Å²) >= 11 is 0. The second-order valence-electron chi connectivity index (χ2n) is 5.77. The first-order chi connectivity index (χ1) is 9.86. The van der Waals surface area contributed by atoms with Gasteiger partial charge in [-0.25, -0.2) is 0 Å². The molecule has 0 aliphatic carbocycles. The number of likely N-dealkylation sites (tertiary alicyclic amines) is 1. The molecule has 21 heavy (non-hydrogen) atoms. The highest BCUT2D eigenvalue weighted by molar-refractivity contribution is 5.85. The summed E-state index contributed by atoms with van der Waals surface area (Å²) in [5.41, 5.74) is 4.27. The number of hydrogen-bond donors (Lipinski definition) is 0. The minimum Gasteiger partial charge on any atom is -0.292 e. The van der Waals surface area contributed by atoms with Crippen molar-refractivity contribution in [2.24, 2.45) is 0 Å². The smallest absolute Gasteiger partial charge is 0.0604 e. The monoisotopic (exact) mass is 301 g/mol. The van der Waals surface area contributed by atoms with Crippen molar-refractivity contribution in [1.29, 1.82) is 0 Å². The van der Waals surface area contributed by atoms with E-state index in [4.69, 9.17) is 0 Å². The van der Waals surface area contributed by atoms with Crippen LogP contribution in [0.3, 0.4) is 0 Å². The predicted molar refractivity (Wildman–Crippen MR) is 92.1 cm³/mol. The Hall–Kier alpha value is -1.31. The molecular weight excluding hydrogens is 278 g/mol. The molecule has 3 rings (SSSR count). The molecule has 2 aromatic carbocycles. The molecular formula is C19H24ClN. The van der Waals surface area contributed by atoms with E-state index in [1.54, 1.807) is 0 Å². The van der Waals surface area contributed by atoms with Crippen LogP contribution in [-0.4, -0.2) is 18.0 Å². The fourth-order valence-electron chi connectivity index (χ4n) is 3.29. The SMILES string of the molecule is Cc1ccccc1C(c1ccccc1)N1CCCCC1.Cl. The van der Waals surface area contributed by atoms with E-state index in [1.807, 2.05) is 0 Å². The van der Waals surface area contributed by atoms with Crippen LogP contribution in [0.5, 0.6) is 0 Å². The van der Waals surface area contributed by atoms with E-state index in [1.165, 1.54) is 49.0 Å². The molecule has 0 spiro atoms. The topological polar surface area (TPSA) is 3.24 Å². The number of rotatable bonds is 3. The highest BCUT2D eigenvalue weighted by Crippen LogP contribution is 2.32. The maximum absolute atomic E-state index is 2.65. The maximum atomic E-state index is 2.65. The van der Waals surface area contributed by atoms with Gasteiger partial charge in [-0.15, -0.1) is 12.4 Å². The zero-order valence-corrected chi connectivity index (χ0v) is 13.5. The van der Waals surface area contributed by atoms with E-state index in [0.29, 0.717) is 6.04 Å². The lowest BCUT2D eigenvalue weighted by Gasteiger charge is -2.36. The Kier molecular flexibility index (Phi) is 5.84. The van der Waals surface area contributed by atoms with Crippen molar-refractivity contribution in [1.82, 2.24) is 4.90 Å². The number of halogens is 1. The van der Waals surface area contributed by atoms with Gasteiger partial charge in [0.05, 0.1) is 6.04 Å². The van der Waals surface area contributed by atoms with Gasteiger partial charge in [0.25, 0.3) is 0 Å². The van der Waals surface area contributed by atoms with Crippen LogP contribution in [0, 0.1) is 6.92 Å². The normalized spacial score (nSPS) is 17.0. The average molecular weight is 302 g/mol. The van der Waals surface area contributed by atoms with Gasteiger partial charge < -0.3 is 0 Å². The number of nitrogens with zero attached hydrogens (tertiary/aromatic N) is 1. The van der Waals surface area contributed by atoms with Gasteiger partial charge in [-0.2, -0.15) is 0 Å². The molecule has 112 valence electrons. The molecule has 0 radical (unpaired) electrons. The standard InChI is InChI=1S/C19H23N.ClH/c1-16-10-6-7-13-18(16)19(17-11-4-2-5-12-17)20-14-8-3-9-15-20;/h2,4-7,10-13,19H,3,8-9,14-15H2,1H3;1H. The summed E-state index contributed by atoms with van der Waals surface area (Å²) in [4.78, 5) is 2.65. The van der Waals surface area contributed by atoms with E-state index >= 15 is 0 Å². The van der Waals surface area contributed by atoms with E-state index in [0.717, 1.165) is 0 Å². The van der Waals surface area contributed by atoms with Gasteiger partial charge in [0, 0.05) is 0 Å². The van der Waals surface area contributed by atoms with Gasteiger partial charge in [0.15, 0.2) is 0 Å². The van der Waals surface area contributed by atoms with Crippen LogP contribution < -0.4 is 0 Å². The second kappa shape index (κ2) is 7.63. The van der Waals surface area contributed by atoms with Gasteiger partial charge >= 0.3 is 0 Å². The van der Waals surface area contributed by atoms with E-state index in [-0.39, 0.29) is 12.4 Å². The lowest BCUT2D eigenvalue weighted by molar-refractivity contribution is 0.187. The van der Waals surface area contributed by atoms with E-state index in [9.17, 15) is 0 Å². The summed E-state index contributed by atoms with van der Waals surface area (Å²) in [5, 5.41) is 0. The first-order valence-corrected chi connectivity index (χ1v) is 7.71. The van der Waals surface area contributed by atoms with E-state index in [2.05, 4.69) is 66.4 Å². The van der Waals surface area contributed by atoms with Crippen LogP contribution in [0.1, 0.15) is 42.0 Å². The third-order valence-electron chi connectivity index (χ3n) is 4.35. The molecule has 1 aliphatic rings. The molecule has 1 nitrogen and oxygen atoms in total. The van der Waals surface area contributed by atoms with Crippen molar-refractivity contribution in [2.45, 2.75) is 32.2 Å². The first kappa shape index (κ1) is 16.1. The molecule has 1 atom stereocenters. The fraction of sp³-hybridized carbons (Fsp3) is 0.368. The largest absolute Gasteiger partial charge is 0.292 e. The number of benzene rings is 2. The molecule has 0 aromatic heterocycles. The molecule has 0 N–H and O–H groups in total. The average Bonchev–Trinajstić information content (AvgIpc) is 2.52. The molecule has 0 bridgehead atoms. The van der Waals surface area contributed by atoms with Crippen molar-refractivity contribution in [3.63, 3.8) is 0 Å². The van der Waals surface area contributed by atoms with Gasteiger partial charge in [-0.3, -0.25) is 4.90 Å². The lowest BCUT2D eigenvalue weighted by Crippen LogP contribution is -2.34. The van der Waals surface area contributed by atoms with Crippen LogP contribution in [0.15, 0.2) is 54.6 Å². The number of hydrogen-bond acceptors (Lipinski definition) is 1. The highest BCUT2D eigenvalue weighted by atomic mass is 35.5. The molecule has 2 aromatic rings. The van der Waals surface area contributed by atoms with Crippen molar-refractivity contribution < 1.29 is 0 Å². The van der Waals surface area contributed by atoms with Gasteiger partial charge in [0.2, 0.25) is 0 Å². The molecule has 1 aliphatic heterocycles. The third kappa shape index (κ3) is 3.66. The molecule has 1 fully saturated rings. The van der Waals surface area contributed by atoms with Crippen molar-refractivity contribution in [3.05, 3.63) is 71.3 Å². The fourth-order valence-corrected chi connectivity index (χ4v) is 3.29. The van der Waals surface area contributed by atoms with Crippen LogP contribution >= 0.6 is 12.4 Å². The number of aryl methyl sites for hydroxylation is 1. The van der Waals surface area contributed by atoms with Crippen molar-refractivity contribution in [3.8, 4) is 0 Å². The number of piperidine rings is 1. The van der Waals surface area contributed by atoms with Gasteiger partial charge in [0.1, 0.15) is 0 Å². The lowest BCUT2D eigenvalue weighted by atomic mass is 9.92. The summed E-state index contributed by atoms with van der Waals surface area (Å²) in [6.45, 7) is 4.66. The summed E-state index contributed by atoms with van der Waals surface area (Å²) in [6, 6.07) is 20.2. The Morgan fingerprint density at radius 3 is 2.10 bits per heavy atom. The van der Waals surface area contributed by atoms with Gasteiger partial charge in [-0.1, -0.05) is 61.0 Å². The summed E-state index contributed by atoms with van der Waals surface area (Å²) in [6.07, 6.45) is 4.04. The Morgan fingerprint density at radius 2 is 1.43 bits per heavy atom.